The first-order valence-electron chi connectivity index (χ1n) is 7.36. The fourth-order valence-electron chi connectivity index (χ4n) is 2.82. The molecule has 2 N–H and O–H groups in total. The Morgan fingerprint density at radius 2 is 2.00 bits per heavy atom. The molecule has 0 radical (unpaired) electrons. The maximum absolute atomic E-state index is 6.03. The van der Waals surface area contributed by atoms with Crippen molar-refractivity contribution in [3.8, 4) is 0 Å². The molecule has 0 saturated heterocycles. The molecule has 5 heteroatoms. The maximum atomic E-state index is 6.03. The summed E-state index contributed by atoms with van der Waals surface area (Å²) in [4.78, 5) is 4.51. The van der Waals surface area contributed by atoms with Crippen molar-refractivity contribution in [2.24, 2.45) is 5.73 Å². The predicted molar refractivity (Wildman–Crippen MR) is 72.5 cm³/mol. The minimum atomic E-state index is -0.371. The zero-order valence-corrected chi connectivity index (χ0v) is 12.0. The molecule has 2 rings (SSSR count). The van der Waals surface area contributed by atoms with Gasteiger partial charge in [-0.2, -0.15) is 4.98 Å². The first-order valence-corrected chi connectivity index (χ1v) is 7.36. The van der Waals surface area contributed by atoms with E-state index in [0.29, 0.717) is 11.7 Å². The van der Waals surface area contributed by atoms with E-state index in [1.165, 1.54) is 12.8 Å². The molecule has 0 spiro atoms. The standard InChI is InChI=1S/C14H25N3O2/c1-3-8-11(15)12-16-13(17-19-12)14(18-2)9-6-4-5-7-10-14/h11H,3-10,15H2,1-2H3/t11-/m1/s1. The molecule has 1 aliphatic rings. The number of hydrogen-bond acceptors (Lipinski definition) is 5. The topological polar surface area (TPSA) is 74.2 Å². The van der Waals surface area contributed by atoms with E-state index in [4.69, 9.17) is 15.0 Å². The molecule has 0 aliphatic heterocycles. The fraction of sp³-hybridized carbons (Fsp3) is 0.857. The van der Waals surface area contributed by atoms with Crippen LogP contribution in [0.2, 0.25) is 0 Å². The number of methoxy groups -OCH3 is 1. The van der Waals surface area contributed by atoms with E-state index < -0.39 is 0 Å². The van der Waals surface area contributed by atoms with E-state index in [0.717, 1.165) is 38.5 Å². The Morgan fingerprint density at radius 3 is 2.58 bits per heavy atom. The van der Waals surface area contributed by atoms with Crippen LogP contribution >= 0.6 is 0 Å². The zero-order chi connectivity index (χ0) is 13.7. The summed E-state index contributed by atoms with van der Waals surface area (Å²) in [6.45, 7) is 2.10. The average molecular weight is 267 g/mol. The fourth-order valence-corrected chi connectivity index (χ4v) is 2.82. The normalized spacial score (nSPS) is 21.0. The van der Waals surface area contributed by atoms with Crippen molar-refractivity contribution in [3.05, 3.63) is 11.7 Å². The maximum Gasteiger partial charge on any atom is 0.243 e. The van der Waals surface area contributed by atoms with Crippen molar-refractivity contribution >= 4 is 0 Å². The number of ether oxygens (including phenoxy) is 1. The van der Waals surface area contributed by atoms with Gasteiger partial charge in [-0.1, -0.05) is 44.2 Å². The third kappa shape index (κ3) is 3.15. The highest BCUT2D eigenvalue weighted by atomic mass is 16.5. The van der Waals surface area contributed by atoms with Crippen LogP contribution in [0.3, 0.4) is 0 Å². The van der Waals surface area contributed by atoms with Crippen molar-refractivity contribution in [1.29, 1.82) is 0 Å². The van der Waals surface area contributed by atoms with Gasteiger partial charge in [-0.05, 0) is 19.3 Å². The number of rotatable bonds is 5. The molecular weight excluding hydrogens is 242 g/mol. The highest BCUT2D eigenvalue weighted by molar-refractivity contribution is 5.04. The Labute approximate surface area is 114 Å². The summed E-state index contributed by atoms with van der Waals surface area (Å²) in [6, 6.07) is -0.161. The van der Waals surface area contributed by atoms with Gasteiger partial charge >= 0.3 is 0 Å². The second kappa shape index (κ2) is 6.48. The lowest BCUT2D eigenvalue weighted by molar-refractivity contribution is -0.0365. The number of nitrogens with zero attached hydrogens (tertiary/aromatic N) is 2. The van der Waals surface area contributed by atoms with Crippen molar-refractivity contribution < 1.29 is 9.26 Å². The second-order valence-corrected chi connectivity index (χ2v) is 5.46. The van der Waals surface area contributed by atoms with Gasteiger partial charge in [0.1, 0.15) is 5.60 Å². The molecule has 5 nitrogen and oxygen atoms in total. The molecule has 0 amide bonds. The summed E-state index contributed by atoms with van der Waals surface area (Å²) in [7, 11) is 1.74. The van der Waals surface area contributed by atoms with Crippen molar-refractivity contribution in [2.75, 3.05) is 7.11 Å². The number of hydrogen-bond donors (Lipinski definition) is 1. The lowest BCUT2D eigenvalue weighted by Gasteiger charge is -2.27. The zero-order valence-electron chi connectivity index (χ0n) is 12.0. The number of aromatic nitrogens is 2. The SMILES string of the molecule is CCC[C@@H](N)c1nc(C2(OC)CCCCCC2)no1. The largest absolute Gasteiger partial charge is 0.370 e. The Bertz CT molecular complexity index is 384. The summed E-state index contributed by atoms with van der Waals surface area (Å²) in [5, 5.41) is 4.14. The molecule has 0 unspecified atom stereocenters. The molecule has 108 valence electrons. The van der Waals surface area contributed by atoms with Crippen LogP contribution in [-0.2, 0) is 10.3 Å². The molecule has 1 fully saturated rings. The minimum absolute atomic E-state index is 0.161. The van der Waals surface area contributed by atoms with E-state index in [-0.39, 0.29) is 11.6 Å². The summed E-state index contributed by atoms with van der Waals surface area (Å²) >= 11 is 0. The van der Waals surface area contributed by atoms with Gasteiger partial charge in [0.15, 0.2) is 0 Å². The average Bonchev–Trinajstić information content (AvgIpc) is 2.79. The lowest BCUT2D eigenvalue weighted by Crippen LogP contribution is -2.29. The molecular formula is C14H25N3O2. The first-order chi connectivity index (χ1) is 9.22. The molecule has 1 aromatic rings. The molecule has 1 atom stereocenters. The quantitative estimate of drug-likeness (QED) is 0.830. The van der Waals surface area contributed by atoms with Gasteiger partial charge < -0.3 is 15.0 Å². The summed E-state index contributed by atoms with van der Waals surface area (Å²) in [5.74, 6) is 1.22. The van der Waals surface area contributed by atoms with Crippen molar-refractivity contribution in [2.45, 2.75) is 69.9 Å². The van der Waals surface area contributed by atoms with Crippen LogP contribution < -0.4 is 5.73 Å². The molecule has 1 saturated carbocycles. The summed E-state index contributed by atoms with van der Waals surface area (Å²) in [5.41, 5.74) is 5.66. The van der Waals surface area contributed by atoms with Crippen LogP contribution in [0.4, 0.5) is 0 Å². The summed E-state index contributed by atoms with van der Waals surface area (Å²) < 4.78 is 11.1. The molecule has 0 bridgehead atoms. The van der Waals surface area contributed by atoms with E-state index in [9.17, 15) is 0 Å². The second-order valence-electron chi connectivity index (χ2n) is 5.46. The van der Waals surface area contributed by atoms with Crippen LogP contribution in [0.25, 0.3) is 0 Å². The van der Waals surface area contributed by atoms with Gasteiger partial charge in [-0.25, -0.2) is 0 Å². The van der Waals surface area contributed by atoms with Gasteiger partial charge in [-0.3, -0.25) is 0 Å². The van der Waals surface area contributed by atoms with Crippen LogP contribution in [-0.4, -0.2) is 17.3 Å². The van der Waals surface area contributed by atoms with E-state index in [1.54, 1.807) is 7.11 Å². The van der Waals surface area contributed by atoms with E-state index in [2.05, 4.69) is 17.1 Å². The smallest absolute Gasteiger partial charge is 0.243 e. The highest BCUT2D eigenvalue weighted by Crippen LogP contribution is 2.37. The van der Waals surface area contributed by atoms with Crippen LogP contribution in [0, 0.1) is 0 Å². The predicted octanol–water partition coefficient (Wildman–Crippen LogP) is 3.07. The summed E-state index contributed by atoms with van der Waals surface area (Å²) in [6.07, 6.45) is 8.61. The van der Waals surface area contributed by atoms with E-state index in [1.807, 2.05) is 0 Å². The third-order valence-corrected chi connectivity index (χ3v) is 4.07. The Kier molecular flexibility index (Phi) is 4.93. The highest BCUT2D eigenvalue weighted by Gasteiger charge is 2.37. The Hall–Kier alpha value is -0.940. The Morgan fingerprint density at radius 1 is 1.32 bits per heavy atom. The molecule has 1 aromatic heterocycles. The van der Waals surface area contributed by atoms with Crippen LogP contribution in [0.5, 0.6) is 0 Å². The monoisotopic (exact) mass is 267 g/mol. The van der Waals surface area contributed by atoms with Gasteiger partial charge in [0, 0.05) is 7.11 Å². The lowest BCUT2D eigenvalue weighted by atomic mass is 9.93. The van der Waals surface area contributed by atoms with E-state index >= 15 is 0 Å². The Balaban J connectivity index is 2.18. The van der Waals surface area contributed by atoms with Gasteiger partial charge in [-0.15, -0.1) is 0 Å². The first kappa shape index (κ1) is 14.5. The third-order valence-electron chi connectivity index (χ3n) is 4.07. The van der Waals surface area contributed by atoms with Crippen LogP contribution in [0.1, 0.15) is 76.0 Å². The minimum Gasteiger partial charge on any atom is -0.370 e. The molecule has 0 aromatic carbocycles. The van der Waals surface area contributed by atoms with Crippen molar-refractivity contribution in [3.63, 3.8) is 0 Å². The van der Waals surface area contributed by atoms with Gasteiger partial charge in [0.25, 0.3) is 0 Å². The number of nitrogens with two attached hydrogens (primary N) is 1. The van der Waals surface area contributed by atoms with Gasteiger partial charge in [0.05, 0.1) is 6.04 Å². The van der Waals surface area contributed by atoms with Crippen molar-refractivity contribution in [1.82, 2.24) is 10.1 Å². The molecule has 1 aliphatic carbocycles. The molecule has 19 heavy (non-hydrogen) atoms. The van der Waals surface area contributed by atoms with Gasteiger partial charge in [0.2, 0.25) is 11.7 Å². The van der Waals surface area contributed by atoms with Crippen LogP contribution in [0.15, 0.2) is 4.52 Å². The molecule has 1 heterocycles.